The van der Waals surface area contributed by atoms with E-state index in [1.54, 1.807) is 4.90 Å². The topological polar surface area (TPSA) is 75.0 Å². The zero-order valence-corrected chi connectivity index (χ0v) is 21.7. The lowest BCUT2D eigenvalue weighted by molar-refractivity contribution is 0.0256. The van der Waals surface area contributed by atoms with Crippen LogP contribution in [0.5, 0.6) is 0 Å². The van der Waals surface area contributed by atoms with Crippen LogP contribution in [0, 0.1) is 0 Å². The van der Waals surface area contributed by atoms with Crippen LogP contribution in [0.4, 0.5) is 4.79 Å². The maximum Gasteiger partial charge on any atom is 0.410 e. The van der Waals surface area contributed by atoms with Gasteiger partial charge in [0.25, 0.3) is 0 Å². The van der Waals surface area contributed by atoms with Crippen LogP contribution in [-0.2, 0) is 11.8 Å². The van der Waals surface area contributed by atoms with Gasteiger partial charge in [-0.1, -0.05) is 6.92 Å². The summed E-state index contributed by atoms with van der Waals surface area (Å²) in [5.41, 5.74) is 0.794. The van der Waals surface area contributed by atoms with Crippen LogP contribution in [0.3, 0.4) is 0 Å². The number of carbonyl (C=O) groups excluding carboxylic acids is 1. The predicted molar refractivity (Wildman–Crippen MR) is 132 cm³/mol. The molecule has 1 saturated heterocycles. The van der Waals surface area contributed by atoms with Gasteiger partial charge in [-0.15, -0.1) is 24.0 Å². The summed E-state index contributed by atoms with van der Waals surface area (Å²) in [4.78, 5) is 21.3. The van der Waals surface area contributed by atoms with E-state index in [4.69, 9.17) is 9.73 Å². The van der Waals surface area contributed by atoms with E-state index >= 15 is 0 Å². The second kappa shape index (κ2) is 12.4. The lowest BCUT2D eigenvalue weighted by Crippen LogP contribution is -2.41. The lowest BCUT2D eigenvalue weighted by atomic mass is 10.0. The number of aromatic nitrogens is 2. The van der Waals surface area contributed by atoms with Gasteiger partial charge in [-0.3, -0.25) is 9.67 Å². The fourth-order valence-electron chi connectivity index (χ4n) is 3.47. The van der Waals surface area contributed by atoms with Crippen molar-refractivity contribution in [1.82, 2.24) is 24.9 Å². The third-order valence-corrected chi connectivity index (χ3v) is 4.80. The van der Waals surface area contributed by atoms with Crippen LogP contribution in [-0.4, -0.2) is 76.5 Å². The fourth-order valence-corrected chi connectivity index (χ4v) is 3.47. The molecule has 1 fully saturated rings. The summed E-state index contributed by atoms with van der Waals surface area (Å²) >= 11 is 0. The third kappa shape index (κ3) is 8.31. The molecule has 0 radical (unpaired) electrons. The van der Waals surface area contributed by atoms with E-state index in [-0.39, 0.29) is 30.1 Å². The predicted octanol–water partition coefficient (Wildman–Crippen LogP) is 3.44. The van der Waals surface area contributed by atoms with E-state index < -0.39 is 5.60 Å². The Balaban J connectivity index is 0.00000450. The Labute approximate surface area is 198 Å². The van der Waals surface area contributed by atoms with Crippen LogP contribution in [0.25, 0.3) is 0 Å². The number of halogens is 1. The Morgan fingerprint density at radius 3 is 2.67 bits per heavy atom. The average Bonchev–Trinajstić information content (AvgIpc) is 3.27. The van der Waals surface area contributed by atoms with Crippen molar-refractivity contribution in [2.75, 3.05) is 39.3 Å². The van der Waals surface area contributed by atoms with Gasteiger partial charge in [0, 0.05) is 51.9 Å². The first-order valence-electron chi connectivity index (χ1n) is 10.7. The molecule has 1 amide bonds. The summed E-state index contributed by atoms with van der Waals surface area (Å²) in [5.74, 6) is 1.39. The molecule has 0 bridgehead atoms. The van der Waals surface area contributed by atoms with Crippen molar-refractivity contribution in [3.63, 3.8) is 0 Å². The Kier molecular flexibility index (Phi) is 10.9. The van der Waals surface area contributed by atoms with Crippen molar-refractivity contribution in [2.24, 2.45) is 12.0 Å². The van der Waals surface area contributed by atoms with Gasteiger partial charge in [-0.2, -0.15) is 5.10 Å². The van der Waals surface area contributed by atoms with Gasteiger partial charge in [0.1, 0.15) is 5.60 Å². The van der Waals surface area contributed by atoms with Crippen LogP contribution in [0.2, 0.25) is 0 Å². The van der Waals surface area contributed by atoms with Crippen molar-refractivity contribution < 1.29 is 9.53 Å². The maximum atomic E-state index is 12.4. The van der Waals surface area contributed by atoms with E-state index in [2.05, 4.69) is 35.4 Å². The average molecular weight is 534 g/mol. The Morgan fingerprint density at radius 1 is 1.37 bits per heavy atom. The molecule has 1 atom stereocenters. The summed E-state index contributed by atoms with van der Waals surface area (Å²) in [6, 6.07) is 0. The normalized spacial score (nSPS) is 16.9. The van der Waals surface area contributed by atoms with Crippen molar-refractivity contribution >= 4 is 36.0 Å². The molecule has 1 aromatic rings. The largest absolute Gasteiger partial charge is 0.444 e. The van der Waals surface area contributed by atoms with Crippen LogP contribution in [0.1, 0.15) is 58.9 Å². The third-order valence-electron chi connectivity index (χ3n) is 4.80. The van der Waals surface area contributed by atoms with Gasteiger partial charge < -0.3 is 19.9 Å². The number of nitrogens with one attached hydrogen (secondary N) is 1. The van der Waals surface area contributed by atoms with Crippen molar-refractivity contribution in [3.05, 3.63) is 18.0 Å². The lowest BCUT2D eigenvalue weighted by Gasteiger charge is -2.27. The summed E-state index contributed by atoms with van der Waals surface area (Å²) in [5, 5.41) is 7.69. The Bertz CT molecular complexity index is 685. The number of nitrogens with zero attached hydrogens (tertiary/aromatic N) is 5. The van der Waals surface area contributed by atoms with Gasteiger partial charge in [0.15, 0.2) is 5.96 Å². The van der Waals surface area contributed by atoms with Gasteiger partial charge in [-0.05, 0) is 46.1 Å². The first-order valence-corrected chi connectivity index (χ1v) is 10.7. The summed E-state index contributed by atoms with van der Waals surface area (Å²) in [6.07, 6.45) is 5.78. The van der Waals surface area contributed by atoms with E-state index in [0.29, 0.717) is 25.6 Å². The van der Waals surface area contributed by atoms with Crippen molar-refractivity contribution in [3.8, 4) is 0 Å². The van der Waals surface area contributed by atoms with E-state index in [1.165, 1.54) is 5.56 Å². The van der Waals surface area contributed by atoms with E-state index in [1.807, 2.05) is 38.7 Å². The summed E-state index contributed by atoms with van der Waals surface area (Å²) < 4.78 is 7.38. The molecule has 172 valence electrons. The molecule has 8 nitrogen and oxygen atoms in total. The van der Waals surface area contributed by atoms with E-state index in [9.17, 15) is 4.79 Å². The molecule has 1 aliphatic heterocycles. The molecular formula is C21H39IN6O2. The highest BCUT2D eigenvalue weighted by Crippen LogP contribution is 2.26. The minimum Gasteiger partial charge on any atom is -0.444 e. The van der Waals surface area contributed by atoms with Gasteiger partial charge in [-0.25, -0.2) is 4.79 Å². The zero-order valence-electron chi connectivity index (χ0n) is 19.3. The molecule has 1 aromatic heterocycles. The molecule has 0 spiro atoms. The minimum atomic E-state index is -0.488. The monoisotopic (exact) mass is 534 g/mol. The SMILES string of the molecule is CCCN(CCN=C(NCC)N1CCC(c2cnn(C)c2)C1)C(=O)OC(C)(C)C.I. The minimum absolute atomic E-state index is 0. The molecule has 9 heteroatoms. The van der Waals surface area contributed by atoms with Crippen LogP contribution < -0.4 is 5.32 Å². The van der Waals surface area contributed by atoms with Crippen LogP contribution in [0.15, 0.2) is 17.4 Å². The zero-order chi connectivity index (χ0) is 21.4. The number of hydrogen-bond donors (Lipinski definition) is 1. The smallest absolute Gasteiger partial charge is 0.410 e. The van der Waals surface area contributed by atoms with Crippen molar-refractivity contribution in [2.45, 2.75) is 59.0 Å². The molecule has 1 N–H and O–H groups in total. The number of aliphatic imine (C=N–C) groups is 1. The number of hydrogen-bond acceptors (Lipinski definition) is 4. The second-order valence-corrected chi connectivity index (χ2v) is 8.58. The maximum absolute atomic E-state index is 12.4. The number of likely N-dealkylation sites (tertiary alicyclic amines) is 1. The summed E-state index contributed by atoms with van der Waals surface area (Å²) in [6.45, 7) is 14.3. The van der Waals surface area contributed by atoms with Crippen LogP contribution >= 0.6 is 24.0 Å². The number of rotatable bonds is 7. The number of carbonyl (C=O) groups is 1. The van der Waals surface area contributed by atoms with Gasteiger partial charge >= 0.3 is 6.09 Å². The van der Waals surface area contributed by atoms with Gasteiger partial charge in [0.2, 0.25) is 0 Å². The van der Waals surface area contributed by atoms with Crippen molar-refractivity contribution in [1.29, 1.82) is 0 Å². The highest BCUT2D eigenvalue weighted by Gasteiger charge is 2.27. The molecule has 2 rings (SSSR count). The molecule has 1 unspecified atom stereocenters. The fraction of sp³-hybridized carbons (Fsp3) is 0.762. The van der Waals surface area contributed by atoms with Gasteiger partial charge in [0.05, 0.1) is 12.7 Å². The molecule has 2 heterocycles. The molecule has 0 aliphatic carbocycles. The van der Waals surface area contributed by atoms with E-state index in [0.717, 1.165) is 38.4 Å². The molecule has 1 aliphatic rings. The number of aryl methyl sites for hydroxylation is 1. The Morgan fingerprint density at radius 2 is 2.10 bits per heavy atom. The quantitative estimate of drug-likeness (QED) is 0.330. The number of ether oxygens (including phenoxy) is 1. The first kappa shape index (κ1) is 26.5. The Hall–Kier alpha value is -1.52. The molecule has 0 aromatic carbocycles. The molecule has 0 saturated carbocycles. The highest BCUT2D eigenvalue weighted by molar-refractivity contribution is 14.0. The standard InChI is InChI=1S/C21H38N6O2.HI/c1-7-11-26(20(28)29-21(3,4)5)13-10-23-19(22-8-2)27-12-9-17(16-27)18-14-24-25(6)15-18;/h14-15,17H,7-13,16H2,1-6H3,(H,22,23);1H. The summed E-state index contributed by atoms with van der Waals surface area (Å²) in [7, 11) is 1.95. The first-order chi connectivity index (χ1) is 13.7. The highest BCUT2D eigenvalue weighted by atomic mass is 127. The molecular weight excluding hydrogens is 495 g/mol. The number of amides is 1. The number of guanidine groups is 1. The molecule has 30 heavy (non-hydrogen) atoms. The second-order valence-electron chi connectivity index (χ2n) is 8.58.